The molecule has 0 atom stereocenters. The molecule has 0 unspecified atom stereocenters. The Balaban J connectivity index is 1.95. The van der Waals surface area contributed by atoms with E-state index >= 15 is 0 Å². The summed E-state index contributed by atoms with van der Waals surface area (Å²) in [6.45, 7) is 1.37. The molecule has 0 amide bonds. The van der Waals surface area contributed by atoms with Gasteiger partial charge in [0, 0.05) is 12.5 Å². The Morgan fingerprint density at radius 3 is 2.43 bits per heavy atom. The maximum atomic E-state index is 10.9. The number of nitrogens with zero attached hydrogens (tertiary/aromatic N) is 3. The molecule has 0 aliphatic heterocycles. The van der Waals surface area contributed by atoms with E-state index < -0.39 is 0 Å². The van der Waals surface area contributed by atoms with Crippen LogP contribution in [0.5, 0.6) is 5.75 Å². The minimum Gasteiger partial charge on any atom is -0.427 e. The highest BCUT2D eigenvalue weighted by Crippen LogP contribution is 2.22. The third-order valence-corrected chi connectivity index (χ3v) is 2.96. The summed E-state index contributed by atoms with van der Waals surface area (Å²) in [6, 6.07) is 17.0. The van der Waals surface area contributed by atoms with Crippen molar-refractivity contribution in [3.8, 4) is 22.7 Å². The molecule has 104 valence electrons. The molecule has 0 spiro atoms. The first kappa shape index (κ1) is 13.1. The molecule has 0 N–H and O–H groups in total. The summed E-state index contributed by atoms with van der Waals surface area (Å²) in [7, 11) is 0. The number of carbonyl (C=O) groups excluding carboxylic acids is 1. The molecule has 21 heavy (non-hydrogen) atoms. The van der Waals surface area contributed by atoms with Gasteiger partial charge in [-0.25, -0.2) is 4.68 Å². The van der Waals surface area contributed by atoms with Crippen LogP contribution in [0.1, 0.15) is 6.92 Å². The number of ether oxygens (including phenoxy) is 1. The summed E-state index contributed by atoms with van der Waals surface area (Å²) >= 11 is 0. The fourth-order valence-corrected chi connectivity index (χ4v) is 2.05. The van der Waals surface area contributed by atoms with Gasteiger partial charge in [-0.05, 0) is 24.3 Å². The van der Waals surface area contributed by atoms with E-state index in [4.69, 9.17) is 4.74 Å². The summed E-state index contributed by atoms with van der Waals surface area (Å²) in [5.41, 5.74) is 2.78. The number of hydrogen-bond donors (Lipinski definition) is 0. The summed E-state index contributed by atoms with van der Waals surface area (Å²) in [5.74, 6) is 0.168. The SMILES string of the molecule is CC(=O)Oc1ccc(-n2nncc2-c2ccccc2)cc1. The van der Waals surface area contributed by atoms with Gasteiger partial charge in [0.1, 0.15) is 5.75 Å². The molecule has 0 radical (unpaired) electrons. The lowest BCUT2D eigenvalue weighted by molar-refractivity contribution is -0.131. The van der Waals surface area contributed by atoms with Gasteiger partial charge < -0.3 is 4.74 Å². The molecule has 5 heteroatoms. The van der Waals surface area contributed by atoms with E-state index in [2.05, 4.69) is 10.3 Å². The van der Waals surface area contributed by atoms with Gasteiger partial charge in [0.2, 0.25) is 0 Å². The molecule has 0 fully saturated rings. The number of rotatable bonds is 3. The smallest absolute Gasteiger partial charge is 0.308 e. The standard InChI is InChI=1S/C16H13N3O2/c1-12(20)21-15-9-7-14(8-10-15)19-16(11-17-18-19)13-5-3-2-4-6-13/h2-11H,1H3. The number of carbonyl (C=O) groups is 1. The molecular weight excluding hydrogens is 266 g/mol. The number of esters is 1. The molecule has 3 aromatic rings. The van der Waals surface area contributed by atoms with Gasteiger partial charge in [0.05, 0.1) is 17.6 Å². The van der Waals surface area contributed by atoms with E-state index in [-0.39, 0.29) is 5.97 Å². The van der Waals surface area contributed by atoms with Gasteiger partial charge in [0.15, 0.2) is 0 Å². The minimum atomic E-state index is -0.339. The molecule has 0 aliphatic carbocycles. The van der Waals surface area contributed by atoms with Crippen LogP contribution in [0.3, 0.4) is 0 Å². The Kier molecular flexibility index (Phi) is 3.47. The van der Waals surface area contributed by atoms with Crippen LogP contribution in [-0.2, 0) is 4.79 Å². The van der Waals surface area contributed by atoms with Gasteiger partial charge in [-0.3, -0.25) is 4.79 Å². The molecule has 0 aliphatic rings. The Morgan fingerprint density at radius 1 is 1.05 bits per heavy atom. The molecule has 1 aromatic heterocycles. The van der Waals surface area contributed by atoms with Crippen LogP contribution in [-0.4, -0.2) is 21.0 Å². The zero-order valence-electron chi connectivity index (χ0n) is 11.4. The van der Waals surface area contributed by atoms with Gasteiger partial charge >= 0.3 is 5.97 Å². The Labute approximate surface area is 121 Å². The third-order valence-electron chi connectivity index (χ3n) is 2.96. The molecule has 1 heterocycles. The topological polar surface area (TPSA) is 57.0 Å². The second kappa shape index (κ2) is 5.58. The maximum absolute atomic E-state index is 10.9. The second-order valence-electron chi connectivity index (χ2n) is 4.48. The van der Waals surface area contributed by atoms with Crippen molar-refractivity contribution in [3.63, 3.8) is 0 Å². The van der Waals surface area contributed by atoms with Crippen molar-refractivity contribution in [2.75, 3.05) is 0 Å². The van der Waals surface area contributed by atoms with Gasteiger partial charge in [-0.1, -0.05) is 35.5 Å². The van der Waals surface area contributed by atoms with Crippen LogP contribution >= 0.6 is 0 Å². The average molecular weight is 279 g/mol. The molecule has 3 rings (SSSR count). The monoisotopic (exact) mass is 279 g/mol. The molecule has 2 aromatic carbocycles. The Morgan fingerprint density at radius 2 is 1.76 bits per heavy atom. The van der Waals surface area contributed by atoms with Crippen molar-refractivity contribution in [2.45, 2.75) is 6.92 Å². The fourth-order valence-electron chi connectivity index (χ4n) is 2.05. The van der Waals surface area contributed by atoms with E-state index in [0.29, 0.717) is 5.75 Å². The van der Waals surface area contributed by atoms with Crippen molar-refractivity contribution in [1.82, 2.24) is 15.0 Å². The lowest BCUT2D eigenvalue weighted by Gasteiger charge is -2.07. The highest BCUT2D eigenvalue weighted by Gasteiger charge is 2.08. The summed E-state index contributed by atoms with van der Waals surface area (Å²) in [6.07, 6.45) is 1.72. The van der Waals surface area contributed by atoms with E-state index in [1.807, 2.05) is 42.5 Å². The van der Waals surface area contributed by atoms with Crippen LogP contribution < -0.4 is 4.74 Å². The quantitative estimate of drug-likeness (QED) is 0.546. The predicted molar refractivity (Wildman–Crippen MR) is 78.1 cm³/mol. The van der Waals surface area contributed by atoms with Crippen molar-refractivity contribution >= 4 is 5.97 Å². The van der Waals surface area contributed by atoms with Gasteiger partial charge in [-0.15, -0.1) is 5.10 Å². The second-order valence-corrected chi connectivity index (χ2v) is 4.48. The number of benzene rings is 2. The first-order valence-corrected chi connectivity index (χ1v) is 6.49. The van der Waals surface area contributed by atoms with Crippen LogP contribution in [0.25, 0.3) is 16.9 Å². The maximum Gasteiger partial charge on any atom is 0.308 e. The summed E-state index contributed by atoms with van der Waals surface area (Å²) < 4.78 is 6.76. The van der Waals surface area contributed by atoms with Crippen molar-refractivity contribution in [1.29, 1.82) is 0 Å². The van der Waals surface area contributed by atoms with Gasteiger partial charge in [0.25, 0.3) is 0 Å². The van der Waals surface area contributed by atoms with Crippen LogP contribution in [0.2, 0.25) is 0 Å². The molecular formula is C16H13N3O2. The van der Waals surface area contributed by atoms with E-state index in [9.17, 15) is 4.79 Å². The van der Waals surface area contributed by atoms with Crippen molar-refractivity contribution < 1.29 is 9.53 Å². The van der Waals surface area contributed by atoms with Crippen LogP contribution in [0.15, 0.2) is 60.8 Å². The first-order chi connectivity index (χ1) is 10.2. The van der Waals surface area contributed by atoms with Crippen LogP contribution in [0.4, 0.5) is 0 Å². The highest BCUT2D eigenvalue weighted by atomic mass is 16.5. The van der Waals surface area contributed by atoms with E-state index in [0.717, 1.165) is 16.9 Å². The Bertz CT molecular complexity index is 749. The number of aromatic nitrogens is 3. The zero-order valence-corrected chi connectivity index (χ0v) is 11.4. The normalized spacial score (nSPS) is 10.3. The summed E-state index contributed by atoms with van der Waals surface area (Å²) in [4.78, 5) is 10.9. The third kappa shape index (κ3) is 2.81. The largest absolute Gasteiger partial charge is 0.427 e. The van der Waals surface area contributed by atoms with E-state index in [1.165, 1.54) is 6.92 Å². The first-order valence-electron chi connectivity index (χ1n) is 6.49. The molecule has 5 nitrogen and oxygen atoms in total. The minimum absolute atomic E-state index is 0.339. The average Bonchev–Trinajstić information content (AvgIpc) is 2.98. The Hall–Kier alpha value is -2.95. The predicted octanol–water partition coefficient (Wildman–Crippen LogP) is 2.86. The lowest BCUT2D eigenvalue weighted by atomic mass is 10.1. The molecule has 0 bridgehead atoms. The lowest BCUT2D eigenvalue weighted by Crippen LogP contribution is -2.02. The number of hydrogen-bond acceptors (Lipinski definition) is 4. The van der Waals surface area contributed by atoms with Crippen molar-refractivity contribution in [2.24, 2.45) is 0 Å². The zero-order chi connectivity index (χ0) is 14.7. The van der Waals surface area contributed by atoms with Crippen molar-refractivity contribution in [3.05, 3.63) is 60.8 Å². The molecule has 0 saturated carbocycles. The van der Waals surface area contributed by atoms with Gasteiger partial charge in [-0.2, -0.15) is 0 Å². The van der Waals surface area contributed by atoms with E-state index in [1.54, 1.807) is 23.0 Å². The highest BCUT2D eigenvalue weighted by molar-refractivity contribution is 5.69. The summed E-state index contributed by atoms with van der Waals surface area (Å²) in [5, 5.41) is 8.09. The van der Waals surface area contributed by atoms with Crippen LogP contribution in [0, 0.1) is 0 Å². The fraction of sp³-hybridized carbons (Fsp3) is 0.0625. The molecule has 0 saturated heterocycles.